The summed E-state index contributed by atoms with van der Waals surface area (Å²) in [5.41, 5.74) is 3.20. The van der Waals surface area contributed by atoms with Gasteiger partial charge in [-0.1, -0.05) is 35.3 Å². The van der Waals surface area contributed by atoms with Gasteiger partial charge in [0.1, 0.15) is 11.4 Å². The molecule has 2 aliphatic heterocycles. The summed E-state index contributed by atoms with van der Waals surface area (Å²) in [7, 11) is 1.70. The van der Waals surface area contributed by atoms with Gasteiger partial charge in [-0.3, -0.25) is 14.6 Å². The summed E-state index contributed by atoms with van der Waals surface area (Å²) in [6.45, 7) is 8.60. The van der Waals surface area contributed by atoms with Crippen LogP contribution in [-0.2, 0) is 11.2 Å². The maximum absolute atomic E-state index is 13.4. The lowest BCUT2D eigenvalue weighted by atomic mass is 10.1. The minimum Gasteiger partial charge on any atom is -0.270 e. The Balaban J connectivity index is 1.71. The van der Waals surface area contributed by atoms with Crippen molar-refractivity contribution >= 4 is 23.7 Å². The van der Waals surface area contributed by atoms with Crippen molar-refractivity contribution in [3.05, 3.63) is 47.3 Å². The summed E-state index contributed by atoms with van der Waals surface area (Å²) in [6, 6.07) is 9.22. The van der Waals surface area contributed by atoms with Gasteiger partial charge in [0.2, 0.25) is 11.9 Å². The molecule has 0 saturated carbocycles. The number of hydrogen-bond acceptors (Lipinski definition) is 3. The molecule has 2 aromatic rings. The highest BCUT2D eigenvalue weighted by molar-refractivity contribution is 6.19. The summed E-state index contributed by atoms with van der Waals surface area (Å²) in [5, 5.41) is 0. The Labute approximate surface area is 164 Å². The van der Waals surface area contributed by atoms with Gasteiger partial charge in [0.15, 0.2) is 0 Å². The predicted octanol–water partition coefficient (Wildman–Crippen LogP) is 2.69. The number of carbonyl (C=O) groups is 2. The third kappa shape index (κ3) is 2.57. The molecular formula is C21H26N5O2+. The molecular weight excluding hydrogens is 354 g/mol. The first-order chi connectivity index (χ1) is 13.3. The smallest absolute Gasteiger partial charge is 0.270 e. The summed E-state index contributed by atoms with van der Waals surface area (Å²) in [6.07, 6.45) is 0.633. The van der Waals surface area contributed by atoms with Gasteiger partial charge in [-0.05, 0) is 39.7 Å². The van der Waals surface area contributed by atoms with E-state index in [0.29, 0.717) is 18.8 Å². The Morgan fingerprint density at radius 3 is 2.46 bits per heavy atom. The minimum absolute atomic E-state index is 0.203. The zero-order valence-corrected chi connectivity index (χ0v) is 17.0. The lowest BCUT2D eigenvalue weighted by molar-refractivity contribution is -0.683. The molecule has 0 spiro atoms. The highest BCUT2D eigenvalue weighted by atomic mass is 16.2. The van der Waals surface area contributed by atoms with E-state index in [0.717, 1.165) is 22.9 Å². The summed E-state index contributed by atoms with van der Waals surface area (Å²) < 4.78 is 4.10. The number of aliphatic imine (C=N–C) groups is 1. The molecule has 0 N–H and O–H groups in total. The highest BCUT2D eigenvalue weighted by Crippen LogP contribution is 2.32. The number of amidine groups is 1. The van der Waals surface area contributed by atoms with Crippen LogP contribution >= 0.6 is 0 Å². The van der Waals surface area contributed by atoms with E-state index in [1.54, 1.807) is 7.05 Å². The summed E-state index contributed by atoms with van der Waals surface area (Å²) >= 11 is 0. The zero-order valence-electron chi connectivity index (χ0n) is 17.0. The molecule has 1 aromatic heterocycles. The molecule has 1 fully saturated rings. The molecule has 7 heteroatoms. The van der Waals surface area contributed by atoms with Gasteiger partial charge < -0.3 is 0 Å². The van der Waals surface area contributed by atoms with E-state index in [2.05, 4.69) is 18.4 Å². The second-order valence-corrected chi connectivity index (χ2v) is 7.74. The summed E-state index contributed by atoms with van der Waals surface area (Å²) in [4.78, 5) is 33.8. The first-order valence-electron chi connectivity index (χ1n) is 9.67. The number of imidazole rings is 1. The van der Waals surface area contributed by atoms with Crippen molar-refractivity contribution < 1.29 is 14.2 Å². The fraction of sp³-hybridized carbons (Fsp3) is 0.429. The van der Waals surface area contributed by atoms with Crippen LogP contribution in [0.25, 0.3) is 0 Å². The summed E-state index contributed by atoms with van der Waals surface area (Å²) in [5.74, 6) is 1.05. The van der Waals surface area contributed by atoms with Crippen LogP contribution in [0.4, 0.5) is 10.7 Å². The van der Waals surface area contributed by atoms with E-state index in [1.165, 1.54) is 9.80 Å². The number of rotatable bonds is 4. The molecule has 0 aliphatic carbocycles. The average molecular weight is 380 g/mol. The number of benzene rings is 1. The fourth-order valence-corrected chi connectivity index (χ4v) is 4.17. The molecule has 28 heavy (non-hydrogen) atoms. The van der Waals surface area contributed by atoms with Gasteiger partial charge in [0.25, 0.3) is 5.91 Å². The number of likely N-dealkylation sites (N-methyl/N-ethyl adjacent to an activating group) is 1. The van der Waals surface area contributed by atoms with Crippen LogP contribution in [0.5, 0.6) is 0 Å². The number of imide groups is 1. The van der Waals surface area contributed by atoms with Gasteiger partial charge in [0, 0.05) is 13.6 Å². The zero-order chi connectivity index (χ0) is 20.2. The largest absolute Gasteiger partial charge is 0.402 e. The van der Waals surface area contributed by atoms with E-state index in [1.807, 2.05) is 48.7 Å². The number of hydrogen-bond donors (Lipinski definition) is 0. The van der Waals surface area contributed by atoms with Gasteiger partial charge in [-0.25, -0.2) is 13.9 Å². The number of urea groups is 1. The van der Waals surface area contributed by atoms with Gasteiger partial charge in [0.05, 0.1) is 6.04 Å². The number of fused-ring (bicyclic) bond motifs is 3. The van der Waals surface area contributed by atoms with Crippen LogP contribution in [0.1, 0.15) is 42.9 Å². The van der Waals surface area contributed by atoms with Crippen molar-refractivity contribution in [2.75, 3.05) is 13.6 Å². The average Bonchev–Trinajstić information content (AvgIpc) is 3.16. The lowest BCUT2D eigenvalue weighted by Gasteiger charge is -2.33. The van der Waals surface area contributed by atoms with Crippen LogP contribution in [0.3, 0.4) is 0 Å². The number of carbonyl (C=O) groups excluding carboxylic acids is 2. The minimum atomic E-state index is -0.577. The first kappa shape index (κ1) is 18.4. The highest BCUT2D eigenvalue weighted by Gasteiger charge is 2.54. The molecule has 1 saturated heterocycles. The Hall–Kier alpha value is -2.96. The molecule has 1 aromatic carbocycles. The van der Waals surface area contributed by atoms with E-state index < -0.39 is 6.04 Å². The molecule has 7 nitrogen and oxygen atoms in total. The van der Waals surface area contributed by atoms with Crippen molar-refractivity contribution in [2.45, 2.75) is 46.2 Å². The van der Waals surface area contributed by atoms with Gasteiger partial charge in [-0.15, -0.1) is 0 Å². The lowest BCUT2D eigenvalue weighted by Crippen LogP contribution is -2.63. The van der Waals surface area contributed by atoms with Gasteiger partial charge in [-0.2, -0.15) is 0 Å². The third-order valence-electron chi connectivity index (χ3n) is 5.74. The maximum Gasteiger partial charge on any atom is 0.402 e. The van der Waals surface area contributed by atoms with E-state index in [-0.39, 0.29) is 18.0 Å². The van der Waals surface area contributed by atoms with Crippen LogP contribution in [-0.4, -0.2) is 45.7 Å². The standard InChI is InChI=1S/C21H26N5O2/c1-13(2)25-14(3)15(4)26-17-18(22-20(25)26)23(5)21(28)24(19(17)27)12-11-16-9-7-6-8-10-16/h6-10,13,17H,11-12H2,1-5H3/q+1. The maximum atomic E-state index is 13.4. The molecule has 0 radical (unpaired) electrons. The molecule has 146 valence electrons. The molecule has 1 unspecified atom stereocenters. The molecule has 4 rings (SSSR count). The predicted molar refractivity (Wildman–Crippen MR) is 106 cm³/mol. The Bertz CT molecular complexity index is 990. The van der Waals surface area contributed by atoms with Gasteiger partial charge >= 0.3 is 12.0 Å². The van der Waals surface area contributed by atoms with E-state index in [9.17, 15) is 9.59 Å². The van der Waals surface area contributed by atoms with E-state index in [4.69, 9.17) is 4.99 Å². The topological polar surface area (TPSA) is 61.8 Å². The second kappa shape index (κ2) is 6.58. The number of nitrogens with zero attached hydrogens (tertiary/aromatic N) is 5. The van der Waals surface area contributed by atoms with Crippen molar-refractivity contribution in [1.29, 1.82) is 0 Å². The molecule has 3 heterocycles. The van der Waals surface area contributed by atoms with Crippen molar-refractivity contribution in [3.63, 3.8) is 0 Å². The third-order valence-corrected chi connectivity index (χ3v) is 5.74. The fourth-order valence-electron chi connectivity index (χ4n) is 4.17. The Morgan fingerprint density at radius 1 is 1.14 bits per heavy atom. The molecule has 3 amide bonds. The number of aromatic nitrogens is 2. The SMILES string of the molecule is Cc1c(C)[n+]2c(n1C(C)C)N=C1C2C(=O)N(CCc2ccccc2)C(=O)N1C. The Kier molecular flexibility index (Phi) is 4.33. The quantitative estimate of drug-likeness (QED) is 0.766. The number of amides is 3. The first-order valence-corrected chi connectivity index (χ1v) is 9.67. The van der Waals surface area contributed by atoms with Crippen LogP contribution < -0.4 is 4.57 Å². The van der Waals surface area contributed by atoms with Crippen LogP contribution in [0.2, 0.25) is 0 Å². The van der Waals surface area contributed by atoms with Crippen molar-refractivity contribution in [1.82, 2.24) is 14.4 Å². The van der Waals surface area contributed by atoms with Crippen LogP contribution in [0.15, 0.2) is 35.3 Å². The van der Waals surface area contributed by atoms with Crippen molar-refractivity contribution in [2.24, 2.45) is 4.99 Å². The molecule has 1 atom stereocenters. The molecule has 0 bridgehead atoms. The van der Waals surface area contributed by atoms with Crippen LogP contribution in [0, 0.1) is 13.8 Å². The normalized spacial score (nSPS) is 18.6. The monoisotopic (exact) mass is 380 g/mol. The Morgan fingerprint density at radius 2 is 1.82 bits per heavy atom. The molecule has 2 aliphatic rings. The van der Waals surface area contributed by atoms with Crippen molar-refractivity contribution in [3.8, 4) is 0 Å². The second-order valence-electron chi connectivity index (χ2n) is 7.74. The van der Waals surface area contributed by atoms with E-state index >= 15 is 0 Å².